The number of rotatable bonds is 16. The first kappa shape index (κ1) is 23.8. The van der Waals surface area contributed by atoms with Crippen molar-refractivity contribution in [3.8, 4) is 11.5 Å². The van der Waals surface area contributed by atoms with Crippen molar-refractivity contribution in [3.05, 3.63) is 48.0 Å². The molecule has 1 aromatic carbocycles. The lowest BCUT2D eigenvalue weighted by Gasteiger charge is -2.07. The Bertz CT molecular complexity index is 817. The summed E-state index contributed by atoms with van der Waals surface area (Å²) in [6, 6.07) is 7.59. The summed E-state index contributed by atoms with van der Waals surface area (Å²) in [6.45, 7) is 7.04. The highest BCUT2D eigenvalue weighted by atomic mass is 16.5. The minimum atomic E-state index is 0.399. The van der Waals surface area contributed by atoms with Gasteiger partial charge < -0.3 is 9.47 Å². The molecule has 0 radical (unpaired) electrons. The van der Waals surface area contributed by atoms with Gasteiger partial charge in [-0.1, -0.05) is 62.8 Å². The highest BCUT2D eigenvalue weighted by molar-refractivity contribution is 5.31. The molecule has 0 aliphatic heterocycles. The van der Waals surface area contributed by atoms with Gasteiger partial charge in [0.05, 0.1) is 12.4 Å². The third kappa shape index (κ3) is 8.32. The van der Waals surface area contributed by atoms with Gasteiger partial charge in [-0.2, -0.15) is 0 Å². The van der Waals surface area contributed by atoms with Crippen molar-refractivity contribution in [2.24, 2.45) is 0 Å². The quantitative estimate of drug-likeness (QED) is 0.285. The van der Waals surface area contributed by atoms with E-state index in [9.17, 15) is 0 Å². The normalized spacial score (nSPS) is 11.1. The van der Waals surface area contributed by atoms with Crippen molar-refractivity contribution < 1.29 is 9.47 Å². The standard InChI is InChI=1S/C24H36N6O2/c1-3-5-7-9-15-29-17-21(25-27-29)19-31-23-11-13-24(14-12-23)32-20-22-18-30(28-26-22)16-10-8-6-4-2/h11-14,17-18H,3-10,15-16,19-20H2,1-2H3. The van der Waals surface area contributed by atoms with Gasteiger partial charge in [0.25, 0.3) is 0 Å². The number of aromatic nitrogens is 6. The number of benzene rings is 1. The van der Waals surface area contributed by atoms with Crippen LogP contribution in [0.3, 0.4) is 0 Å². The summed E-state index contributed by atoms with van der Waals surface area (Å²) in [5, 5.41) is 16.7. The number of unbranched alkanes of at least 4 members (excludes halogenated alkanes) is 6. The van der Waals surface area contributed by atoms with Crippen molar-refractivity contribution in [1.82, 2.24) is 30.0 Å². The predicted molar refractivity (Wildman–Crippen MR) is 123 cm³/mol. The van der Waals surface area contributed by atoms with E-state index in [-0.39, 0.29) is 0 Å². The maximum absolute atomic E-state index is 5.83. The van der Waals surface area contributed by atoms with Gasteiger partial charge in [0, 0.05) is 13.1 Å². The number of nitrogens with zero attached hydrogens (tertiary/aromatic N) is 6. The van der Waals surface area contributed by atoms with Gasteiger partial charge in [-0.25, -0.2) is 0 Å². The van der Waals surface area contributed by atoms with E-state index in [2.05, 4.69) is 34.5 Å². The highest BCUT2D eigenvalue weighted by Crippen LogP contribution is 2.19. The van der Waals surface area contributed by atoms with E-state index in [1.165, 1.54) is 38.5 Å². The van der Waals surface area contributed by atoms with E-state index in [4.69, 9.17) is 9.47 Å². The van der Waals surface area contributed by atoms with Crippen molar-refractivity contribution in [3.63, 3.8) is 0 Å². The lowest BCUT2D eigenvalue weighted by atomic mass is 10.2. The Kier molecular flexibility index (Phi) is 10.0. The largest absolute Gasteiger partial charge is 0.487 e. The Hall–Kier alpha value is -2.90. The first-order valence-corrected chi connectivity index (χ1v) is 11.9. The SMILES string of the molecule is CCCCCCn1cc(COc2ccc(OCc3cn(CCCCCC)nn3)cc2)nn1. The molecular weight excluding hydrogens is 404 g/mol. The van der Waals surface area contributed by atoms with E-state index in [0.29, 0.717) is 13.2 Å². The maximum atomic E-state index is 5.83. The average Bonchev–Trinajstić information content (AvgIpc) is 3.47. The first-order chi connectivity index (χ1) is 15.8. The van der Waals surface area contributed by atoms with Crippen molar-refractivity contribution in [2.75, 3.05) is 0 Å². The molecule has 0 atom stereocenters. The van der Waals surface area contributed by atoms with Crippen LogP contribution in [0.2, 0.25) is 0 Å². The lowest BCUT2D eigenvalue weighted by Crippen LogP contribution is -1.99. The fourth-order valence-electron chi connectivity index (χ4n) is 3.38. The zero-order valence-electron chi connectivity index (χ0n) is 19.4. The molecule has 0 N–H and O–H groups in total. The van der Waals surface area contributed by atoms with Crippen LogP contribution in [0.5, 0.6) is 11.5 Å². The van der Waals surface area contributed by atoms with Crippen molar-refractivity contribution in [2.45, 2.75) is 91.5 Å². The summed E-state index contributed by atoms with van der Waals surface area (Å²) < 4.78 is 15.4. The summed E-state index contributed by atoms with van der Waals surface area (Å²) in [7, 11) is 0. The summed E-state index contributed by atoms with van der Waals surface area (Å²) in [5.41, 5.74) is 1.66. The van der Waals surface area contributed by atoms with Crippen LogP contribution < -0.4 is 9.47 Å². The predicted octanol–water partition coefficient (Wildman–Crippen LogP) is 5.19. The van der Waals surface area contributed by atoms with Gasteiger partial charge >= 0.3 is 0 Å². The Morgan fingerprint density at radius 3 is 1.47 bits per heavy atom. The molecule has 3 rings (SSSR count). The molecule has 0 spiro atoms. The fourth-order valence-corrected chi connectivity index (χ4v) is 3.38. The molecule has 0 amide bonds. The summed E-state index contributed by atoms with van der Waals surface area (Å²) in [5.74, 6) is 1.54. The minimum absolute atomic E-state index is 0.399. The molecule has 0 aliphatic rings. The average molecular weight is 441 g/mol. The number of hydrogen-bond donors (Lipinski definition) is 0. The van der Waals surface area contributed by atoms with Gasteiger partial charge in [0.1, 0.15) is 36.1 Å². The second-order valence-electron chi connectivity index (χ2n) is 8.12. The molecule has 174 valence electrons. The number of ether oxygens (including phenoxy) is 2. The van der Waals surface area contributed by atoms with Crippen LogP contribution in [0.1, 0.15) is 76.6 Å². The van der Waals surface area contributed by atoms with Crippen LogP contribution in [-0.2, 0) is 26.3 Å². The van der Waals surface area contributed by atoms with E-state index in [1.54, 1.807) is 0 Å². The Balaban J connectivity index is 1.36. The van der Waals surface area contributed by atoms with Gasteiger partial charge in [-0.05, 0) is 37.1 Å². The summed E-state index contributed by atoms with van der Waals surface area (Å²) >= 11 is 0. The molecule has 2 aromatic heterocycles. The van der Waals surface area contributed by atoms with Crippen LogP contribution in [0.4, 0.5) is 0 Å². The molecule has 0 aliphatic carbocycles. The summed E-state index contributed by atoms with van der Waals surface area (Å²) in [6.07, 6.45) is 13.7. The van der Waals surface area contributed by atoms with E-state index in [0.717, 1.165) is 48.8 Å². The molecule has 32 heavy (non-hydrogen) atoms. The molecule has 0 saturated carbocycles. The third-order valence-corrected chi connectivity index (χ3v) is 5.25. The molecule has 8 heteroatoms. The van der Waals surface area contributed by atoms with Gasteiger partial charge in [-0.15, -0.1) is 10.2 Å². The molecule has 0 saturated heterocycles. The van der Waals surface area contributed by atoms with Crippen molar-refractivity contribution in [1.29, 1.82) is 0 Å². The topological polar surface area (TPSA) is 79.9 Å². The maximum Gasteiger partial charge on any atom is 0.134 e. The van der Waals surface area contributed by atoms with Crippen LogP contribution >= 0.6 is 0 Å². The van der Waals surface area contributed by atoms with E-state index in [1.807, 2.05) is 46.0 Å². The third-order valence-electron chi connectivity index (χ3n) is 5.25. The first-order valence-electron chi connectivity index (χ1n) is 11.9. The second kappa shape index (κ2) is 13.5. The van der Waals surface area contributed by atoms with Gasteiger partial charge in [-0.3, -0.25) is 9.36 Å². The fraction of sp³-hybridized carbons (Fsp3) is 0.583. The number of aryl methyl sites for hydroxylation is 2. The molecule has 0 bridgehead atoms. The molecule has 3 aromatic rings. The Morgan fingerprint density at radius 1 is 0.625 bits per heavy atom. The van der Waals surface area contributed by atoms with E-state index >= 15 is 0 Å². The Labute approximate surface area is 190 Å². The van der Waals surface area contributed by atoms with Crippen molar-refractivity contribution >= 4 is 0 Å². The van der Waals surface area contributed by atoms with Crippen LogP contribution in [0.25, 0.3) is 0 Å². The monoisotopic (exact) mass is 440 g/mol. The number of hydrogen-bond acceptors (Lipinski definition) is 6. The zero-order valence-corrected chi connectivity index (χ0v) is 19.4. The lowest BCUT2D eigenvalue weighted by molar-refractivity contribution is 0.292. The molecular formula is C24H36N6O2. The van der Waals surface area contributed by atoms with Crippen LogP contribution in [0, 0.1) is 0 Å². The van der Waals surface area contributed by atoms with E-state index < -0.39 is 0 Å². The molecule has 0 fully saturated rings. The minimum Gasteiger partial charge on any atom is -0.487 e. The zero-order chi connectivity index (χ0) is 22.4. The molecule has 2 heterocycles. The summed E-state index contributed by atoms with van der Waals surface area (Å²) in [4.78, 5) is 0. The molecule has 0 unspecified atom stereocenters. The van der Waals surface area contributed by atoms with Crippen LogP contribution in [-0.4, -0.2) is 30.0 Å². The van der Waals surface area contributed by atoms with Gasteiger partial charge in [0.2, 0.25) is 0 Å². The Morgan fingerprint density at radius 2 is 1.06 bits per heavy atom. The second-order valence-corrected chi connectivity index (χ2v) is 8.12. The molecule has 8 nitrogen and oxygen atoms in total. The smallest absolute Gasteiger partial charge is 0.134 e. The van der Waals surface area contributed by atoms with Crippen LogP contribution in [0.15, 0.2) is 36.7 Å². The van der Waals surface area contributed by atoms with Gasteiger partial charge in [0.15, 0.2) is 0 Å². The highest BCUT2D eigenvalue weighted by Gasteiger charge is 2.05.